The Morgan fingerprint density at radius 2 is 2.00 bits per heavy atom. The van der Waals surface area contributed by atoms with Crippen LogP contribution in [0.2, 0.25) is 0 Å². The first-order chi connectivity index (χ1) is 9.56. The molecule has 108 valence electrons. The molecule has 1 aromatic rings. The molecule has 1 saturated carbocycles. The maximum atomic E-state index is 11.7. The molecule has 2 fully saturated rings. The standard InChI is InChI=1S/C15H20BrN3O/c16-12-2-1-3-13(14(12)15(18)20)19-7-9-4-5-11(17)6-10(9)8-19/h1-3,9-11H,4-8,17H2,(H2,18,20)/t9-,10+,11?/m1/s1. The fourth-order valence-corrected chi connectivity index (χ4v) is 4.24. The molecule has 0 aromatic heterocycles. The molecule has 1 heterocycles. The minimum atomic E-state index is -0.376. The minimum Gasteiger partial charge on any atom is -0.370 e. The molecule has 5 heteroatoms. The number of fused-ring (bicyclic) bond motifs is 1. The Hall–Kier alpha value is -1.07. The molecule has 3 rings (SSSR count). The summed E-state index contributed by atoms with van der Waals surface area (Å²) in [6.45, 7) is 1.99. The van der Waals surface area contributed by atoms with Crippen LogP contribution in [0.3, 0.4) is 0 Å². The van der Waals surface area contributed by atoms with Crippen molar-refractivity contribution in [1.29, 1.82) is 0 Å². The third-order valence-corrected chi connectivity index (χ3v) is 5.33. The van der Waals surface area contributed by atoms with E-state index in [1.807, 2.05) is 18.2 Å². The molecule has 1 saturated heterocycles. The first-order valence-electron chi connectivity index (χ1n) is 7.15. The van der Waals surface area contributed by atoms with Gasteiger partial charge in [0.05, 0.1) is 11.3 Å². The average molecular weight is 338 g/mol. The predicted molar refractivity (Wildman–Crippen MR) is 83.7 cm³/mol. The molecule has 20 heavy (non-hydrogen) atoms. The Balaban J connectivity index is 1.88. The van der Waals surface area contributed by atoms with Gasteiger partial charge in [0, 0.05) is 23.6 Å². The van der Waals surface area contributed by atoms with E-state index in [0.29, 0.717) is 23.4 Å². The van der Waals surface area contributed by atoms with Crippen molar-refractivity contribution in [3.63, 3.8) is 0 Å². The van der Waals surface area contributed by atoms with E-state index >= 15 is 0 Å². The zero-order valence-corrected chi connectivity index (χ0v) is 13.0. The van der Waals surface area contributed by atoms with Gasteiger partial charge in [-0.05, 0) is 59.2 Å². The maximum Gasteiger partial charge on any atom is 0.251 e. The summed E-state index contributed by atoms with van der Waals surface area (Å²) in [5.41, 5.74) is 13.2. The number of carbonyl (C=O) groups is 1. The minimum absolute atomic E-state index is 0.342. The fraction of sp³-hybridized carbons (Fsp3) is 0.533. The third-order valence-electron chi connectivity index (χ3n) is 4.67. The molecule has 3 atom stereocenters. The van der Waals surface area contributed by atoms with Crippen LogP contribution in [0.4, 0.5) is 5.69 Å². The Labute approximate surface area is 127 Å². The highest BCUT2D eigenvalue weighted by Crippen LogP contribution is 2.39. The number of nitrogens with two attached hydrogens (primary N) is 2. The molecule has 4 N–H and O–H groups in total. The van der Waals surface area contributed by atoms with Crippen molar-refractivity contribution in [2.45, 2.75) is 25.3 Å². The molecule has 0 radical (unpaired) electrons. The monoisotopic (exact) mass is 337 g/mol. The van der Waals surface area contributed by atoms with E-state index < -0.39 is 0 Å². The van der Waals surface area contributed by atoms with Crippen LogP contribution >= 0.6 is 15.9 Å². The summed E-state index contributed by atoms with van der Waals surface area (Å²) in [6.07, 6.45) is 3.42. The van der Waals surface area contributed by atoms with Crippen LogP contribution in [-0.2, 0) is 0 Å². The summed E-state index contributed by atoms with van der Waals surface area (Å²) in [6, 6.07) is 6.15. The van der Waals surface area contributed by atoms with Crippen molar-refractivity contribution in [3.8, 4) is 0 Å². The van der Waals surface area contributed by atoms with Crippen LogP contribution in [-0.4, -0.2) is 25.0 Å². The highest BCUT2D eigenvalue weighted by molar-refractivity contribution is 9.10. The van der Waals surface area contributed by atoms with Gasteiger partial charge in [-0.15, -0.1) is 0 Å². The Morgan fingerprint density at radius 3 is 2.75 bits per heavy atom. The maximum absolute atomic E-state index is 11.7. The Bertz CT molecular complexity index is 534. The number of hydrogen-bond donors (Lipinski definition) is 2. The zero-order chi connectivity index (χ0) is 14.3. The van der Waals surface area contributed by atoms with E-state index in [1.54, 1.807) is 0 Å². The lowest BCUT2D eigenvalue weighted by Gasteiger charge is -2.27. The normalized spacial score (nSPS) is 29.3. The van der Waals surface area contributed by atoms with Gasteiger partial charge in [0.15, 0.2) is 0 Å². The highest BCUT2D eigenvalue weighted by atomic mass is 79.9. The molecule has 0 spiro atoms. The number of hydrogen-bond acceptors (Lipinski definition) is 3. The molecule has 1 aliphatic carbocycles. The van der Waals surface area contributed by atoms with E-state index in [2.05, 4.69) is 20.8 Å². The second kappa shape index (κ2) is 5.37. The number of carbonyl (C=O) groups excluding carboxylic acids is 1. The lowest BCUT2D eigenvalue weighted by molar-refractivity contribution is 0.1000. The molecule has 1 aliphatic heterocycles. The first kappa shape index (κ1) is 13.9. The van der Waals surface area contributed by atoms with Crippen molar-refractivity contribution >= 4 is 27.5 Å². The van der Waals surface area contributed by atoms with Gasteiger partial charge in [-0.25, -0.2) is 0 Å². The summed E-state index contributed by atoms with van der Waals surface area (Å²) in [7, 11) is 0. The summed E-state index contributed by atoms with van der Waals surface area (Å²) in [5, 5.41) is 0. The number of halogens is 1. The van der Waals surface area contributed by atoms with E-state index in [0.717, 1.165) is 36.1 Å². The molecule has 1 amide bonds. The van der Waals surface area contributed by atoms with Crippen LogP contribution in [0, 0.1) is 11.8 Å². The zero-order valence-electron chi connectivity index (χ0n) is 11.4. The van der Waals surface area contributed by atoms with Crippen LogP contribution in [0.25, 0.3) is 0 Å². The van der Waals surface area contributed by atoms with Crippen molar-refractivity contribution in [3.05, 3.63) is 28.2 Å². The van der Waals surface area contributed by atoms with Gasteiger partial charge in [-0.1, -0.05) is 6.07 Å². The van der Waals surface area contributed by atoms with Gasteiger partial charge >= 0.3 is 0 Å². The SMILES string of the molecule is NC(=O)c1c(Br)cccc1N1C[C@H]2CCC(N)C[C@H]2C1. The second-order valence-corrected chi connectivity index (χ2v) is 6.85. The summed E-state index contributed by atoms with van der Waals surface area (Å²) in [5.74, 6) is 0.979. The number of benzene rings is 1. The van der Waals surface area contributed by atoms with Gasteiger partial charge in [0.2, 0.25) is 0 Å². The lowest BCUT2D eigenvalue weighted by atomic mass is 9.79. The number of rotatable bonds is 2. The van der Waals surface area contributed by atoms with Gasteiger partial charge in [0.1, 0.15) is 0 Å². The summed E-state index contributed by atoms with van der Waals surface area (Å²) in [4.78, 5) is 14.0. The Morgan fingerprint density at radius 1 is 1.25 bits per heavy atom. The quantitative estimate of drug-likeness (QED) is 0.868. The van der Waals surface area contributed by atoms with E-state index in [9.17, 15) is 4.79 Å². The van der Waals surface area contributed by atoms with Crippen molar-refractivity contribution in [2.75, 3.05) is 18.0 Å². The second-order valence-electron chi connectivity index (χ2n) is 6.00. The van der Waals surface area contributed by atoms with E-state index in [1.165, 1.54) is 6.42 Å². The molecule has 2 aliphatic rings. The van der Waals surface area contributed by atoms with Gasteiger partial charge in [-0.3, -0.25) is 4.79 Å². The van der Waals surface area contributed by atoms with Crippen LogP contribution in [0.15, 0.2) is 22.7 Å². The lowest BCUT2D eigenvalue weighted by Crippen LogP contribution is -2.32. The average Bonchev–Trinajstić information content (AvgIpc) is 2.80. The van der Waals surface area contributed by atoms with Gasteiger partial charge < -0.3 is 16.4 Å². The van der Waals surface area contributed by atoms with Gasteiger partial charge in [-0.2, -0.15) is 0 Å². The molecular formula is C15H20BrN3O. The largest absolute Gasteiger partial charge is 0.370 e. The fourth-order valence-electron chi connectivity index (χ4n) is 3.68. The first-order valence-corrected chi connectivity index (χ1v) is 7.94. The molecule has 4 nitrogen and oxygen atoms in total. The van der Waals surface area contributed by atoms with Crippen LogP contribution in [0.1, 0.15) is 29.6 Å². The van der Waals surface area contributed by atoms with Crippen molar-refractivity contribution in [1.82, 2.24) is 0 Å². The summed E-state index contributed by atoms with van der Waals surface area (Å²) < 4.78 is 0.772. The highest BCUT2D eigenvalue weighted by Gasteiger charge is 2.37. The molecule has 1 unspecified atom stereocenters. The van der Waals surface area contributed by atoms with Crippen molar-refractivity contribution in [2.24, 2.45) is 23.3 Å². The molecular weight excluding hydrogens is 318 g/mol. The molecule has 1 aromatic carbocycles. The van der Waals surface area contributed by atoms with Crippen LogP contribution in [0.5, 0.6) is 0 Å². The predicted octanol–water partition coefficient (Wildman–Crippen LogP) is 2.11. The third kappa shape index (κ3) is 2.44. The number of nitrogens with zero attached hydrogens (tertiary/aromatic N) is 1. The topological polar surface area (TPSA) is 72.4 Å². The van der Waals surface area contributed by atoms with Gasteiger partial charge in [0.25, 0.3) is 5.91 Å². The molecule has 0 bridgehead atoms. The summed E-state index contributed by atoms with van der Waals surface area (Å²) >= 11 is 3.43. The van der Waals surface area contributed by atoms with Crippen LogP contribution < -0.4 is 16.4 Å². The number of anilines is 1. The van der Waals surface area contributed by atoms with E-state index in [-0.39, 0.29) is 5.91 Å². The number of amides is 1. The Kier molecular flexibility index (Phi) is 3.73. The number of primary amides is 1. The van der Waals surface area contributed by atoms with Crippen molar-refractivity contribution < 1.29 is 4.79 Å². The van der Waals surface area contributed by atoms with E-state index in [4.69, 9.17) is 11.5 Å². The smallest absolute Gasteiger partial charge is 0.251 e.